The molecule has 1 rings (SSSR count). The lowest BCUT2D eigenvalue weighted by Crippen LogP contribution is -2.39. The van der Waals surface area contributed by atoms with Gasteiger partial charge in [-0.1, -0.05) is 19.9 Å². The fourth-order valence-electron chi connectivity index (χ4n) is 1.47. The zero-order valence-electron chi connectivity index (χ0n) is 9.95. The molecule has 0 aliphatic heterocycles. The number of thiophene rings is 1. The van der Waals surface area contributed by atoms with Gasteiger partial charge in [-0.25, -0.2) is 0 Å². The Bertz CT molecular complexity index is 320. The van der Waals surface area contributed by atoms with Gasteiger partial charge in [0.2, 0.25) is 5.91 Å². The van der Waals surface area contributed by atoms with Crippen LogP contribution in [0.15, 0.2) is 17.5 Å². The molecule has 0 aromatic carbocycles. The summed E-state index contributed by atoms with van der Waals surface area (Å²) in [6.45, 7) is 5.11. The topological polar surface area (TPSA) is 55.1 Å². The van der Waals surface area contributed by atoms with Crippen molar-refractivity contribution in [2.24, 2.45) is 11.1 Å². The van der Waals surface area contributed by atoms with E-state index in [1.807, 2.05) is 19.9 Å². The molecule has 0 spiro atoms. The van der Waals surface area contributed by atoms with Crippen LogP contribution in [0.3, 0.4) is 0 Å². The predicted molar refractivity (Wildman–Crippen MR) is 68.5 cm³/mol. The third-order valence-electron chi connectivity index (χ3n) is 2.62. The fourth-order valence-corrected chi connectivity index (χ4v) is 2.18. The second-order valence-corrected chi connectivity index (χ2v) is 5.54. The van der Waals surface area contributed by atoms with E-state index in [1.165, 1.54) is 4.88 Å². The summed E-state index contributed by atoms with van der Waals surface area (Å²) in [4.78, 5) is 13.1. The highest BCUT2D eigenvalue weighted by Gasteiger charge is 2.25. The summed E-state index contributed by atoms with van der Waals surface area (Å²) in [5, 5.41) is 5.01. The van der Waals surface area contributed by atoms with Crippen LogP contribution in [-0.2, 0) is 11.2 Å². The van der Waals surface area contributed by atoms with Crippen molar-refractivity contribution in [1.29, 1.82) is 0 Å². The molecule has 4 heteroatoms. The van der Waals surface area contributed by atoms with E-state index in [9.17, 15) is 4.79 Å². The van der Waals surface area contributed by atoms with Crippen LogP contribution in [0, 0.1) is 5.41 Å². The number of hydrogen-bond acceptors (Lipinski definition) is 3. The fraction of sp³-hybridized carbons (Fsp3) is 0.583. The van der Waals surface area contributed by atoms with Crippen LogP contribution in [0.5, 0.6) is 0 Å². The van der Waals surface area contributed by atoms with Crippen molar-refractivity contribution in [3.63, 3.8) is 0 Å². The normalized spacial score (nSPS) is 11.4. The molecule has 0 fully saturated rings. The molecular formula is C12H20N2OS. The van der Waals surface area contributed by atoms with Crippen LogP contribution in [-0.4, -0.2) is 19.0 Å². The quantitative estimate of drug-likeness (QED) is 0.796. The van der Waals surface area contributed by atoms with Gasteiger partial charge in [0.1, 0.15) is 0 Å². The zero-order chi connectivity index (χ0) is 12.0. The molecule has 1 amide bonds. The number of nitrogens with one attached hydrogen (secondary N) is 1. The summed E-state index contributed by atoms with van der Waals surface area (Å²) in [6.07, 6.45) is 1.62. The van der Waals surface area contributed by atoms with Gasteiger partial charge in [0.15, 0.2) is 0 Å². The second kappa shape index (κ2) is 6.01. The molecule has 90 valence electrons. The minimum absolute atomic E-state index is 0.0921. The first-order valence-electron chi connectivity index (χ1n) is 5.57. The van der Waals surface area contributed by atoms with E-state index in [4.69, 9.17) is 5.73 Å². The maximum absolute atomic E-state index is 11.8. The molecule has 0 bridgehead atoms. The number of nitrogens with two attached hydrogens (primary N) is 1. The Hall–Kier alpha value is -0.870. The number of rotatable bonds is 6. The smallest absolute Gasteiger partial charge is 0.225 e. The monoisotopic (exact) mass is 240 g/mol. The van der Waals surface area contributed by atoms with Gasteiger partial charge in [-0.05, 0) is 30.8 Å². The average molecular weight is 240 g/mol. The van der Waals surface area contributed by atoms with E-state index in [0.717, 1.165) is 12.8 Å². The first-order chi connectivity index (χ1) is 7.56. The molecule has 0 saturated heterocycles. The number of carbonyl (C=O) groups excluding carboxylic acids is 1. The molecular weight excluding hydrogens is 220 g/mol. The van der Waals surface area contributed by atoms with Gasteiger partial charge in [-0.3, -0.25) is 4.79 Å². The van der Waals surface area contributed by atoms with Crippen LogP contribution < -0.4 is 11.1 Å². The van der Waals surface area contributed by atoms with E-state index < -0.39 is 0 Å². The molecule has 0 atom stereocenters. The number of hydrogen-bond donors (Lipinski definition) is 2. The first kappa shape index (κ1) is 13.2. The molecule has 3 N–H and O–H groups in total. The summed E-state index contributed by atoms with van der Waals surface area (Å²) >= 11 is 1.72. The molecule has 0 unspecified atom stereocenters. The predicted octanol–water partition coefficient (Wildman–Crippen LogP) is 1.78. The van der Waals surface area contributed by atoms with Crippen molar-refractivity contribution in [3.05, 3.63) is 22.4 Å². The largest absolute Gasteiger partial charge is 0.355 e. The van der Waals surface area contributed by atoms with E-state index in [-0.39, 0.29) is 11.3 Å². The maximum atomic E-state index is 11.8. The highest BCUT2D eigenvalue weighted by atomic mass is 32.1. The molecule has 3 nitrogen and oxygen atoms in total. The molecule has 1 aromatic heterocycles. The third-order valence-corrected chi connectivity index (χ3v) is 3.56. The van der Waals surface area contributed by atoms with Crippen molar-refractivity contribution in [1.82, 2.24) is 5.32 Å². The van der Waals surface area contributed by atoms with Gasteiger partial charge >= 0.3 is 0 Å². The minimum Gasteiger partial charge on any atom is -0.355 e. The molecule has 0 radical (unpaired) electrons. The van der Waals surface area contributed by atoms with Gasteiger partial charge in [0, 0.05) is 16.8 Å². The molecule has 1 heterocycles. The molecule has 1 aromatic rings. The molecule has 0 aliphatic carbocycles. The summed E-state index contributed by atoms with van der Waals surface area (Å²) < 4.78 is 0. The van der Waals surface area contributed by atoms with Crippen molar-refractivity contribution in [2.45, 2.75) is 26.7 Å². The van der Waals surface area contributed by atoms with Gasteiger partial charge < -0.3 is 11.1 Å². The zero-order valence-corrected chi connectivity index (χ0v) is 10.8. The Morgan fingerprint density at radius 3 is 2.88 bits per heavy atom. The third kappa shape index (κ3) is 3.94. The molecule has 0 saturated carbocycles. The molecule has 16 heavy (non-hydrogen) atoms. The Morgan fingerprint density at radius 2 is 2.31 bits per heavy atom. The SMILES string of the molecule is CC(C)(CCN)C(=O)NCCc1cccs1. The van der Waals surface area contributed by atoms with Gasteiger partial charge in [-0.2, -0.15) is 0 Å². The van der Waals surface area contributed by atoms with Crippen molar-refractivity contribution < 1.29 is 4.79 Å². The highest BCUT2D eigenvalue weighted by Crippen LogP contribution is 2.19. The van der Waals surface area contributed by atoms with Crippen LogP contribution in [0.1, 0.15) is 25.1 Å². The van der Waals surface area contributed by atoms with Crippen LogP contribution >= 0.6 is 11.3 Å². The van der Waals surface area contributed by atoms with E-state index in [0.29, 0.717) is 13.1 Å². The Labute approximate surface area is 101 Å². The van der Waals surface area contributed by atoms with Crippen molar-refractivity contribution in [2.75, 3.05) is 13.1 Å². The highest BCUT2D eigenvalue weighted by molar-refractivity contribution is 7.09. The summed E-state index contributed by atoms with van der Waals surface area (Å²) in [5.41, 5.74) is 5.12. The van der Waals surface area contributed by atoms with E-state index in [1.54, 1.807) is 11.3 Å². The summed E-state index contributed by atoms with van der Waals surface area (Å²) in [7, 11) is 0. The Kier molecular flexibility index (Phi) is 4.96. The lowest BCUT2D eigenvalue weighted by Gasteiger charge is -2.22. The second-order valence-electron chi connectivity index (χ2n) is 4.51. The summed E-state index contributed by atoms with van der Waals surface area (Å²) in [5.74, 6) is 0.0921. The Balaban J connectivity index is 2.30. The van der Waals surface area contributed by atoms with Gasteiger partial charge in [-0.15, -0.1) is 11.3 Å². The maximum Gasteiger partial charge on any atom is 0.225 e. The number of amides is 1. The average Bonchev–Trinajstić information content (AvgIpc) is 2.70. The minimum atomic E-state index is -0.357. The summed E-state index contributed by atoms with van der Waals surface area (Å²) in [6, 6.07) is 4.11. The van der Waals surface area contributed by atoms with Crippen LogP contribution in [0.4, 0.5) is 0 Å². The standard InChI is InChI=1S/C12H20N2OS/c1-12(2,6-7-13)11(15)14-8-5-10-4-3-9-16-10/h3-4,9H,5-8,13H2,1-2H3,(H,14,15). The lowest BCUT2D eigenvalue weighted by atomic mass is 9.88. The van der Waals surface area contributed by atoms with Crippen LogP contribution in [0.25, 0.3) is 0 Å². The lowest BCUT2D eigenvalue weighted by molar-refractivity contribution is -0.129. The number of carbonyl (C=O) groups is 1. The molecule has 0 aliphatic rings. The van der Waals surface area contributed by atoms with Gasteiger partial charge in [0.05, 0.1) is 0 Å². The van der Waals surface area contributed by atoms with Gasteiger partial charge in [0.25, 0.3) is 0 Å². The van der Waals surface area contributed by atoms with Crippen LogP contribution in [0.2, 0.25) is 0 Å². The van der Waals surface area contributed by atoms with Crippen molar-refractivity contribution >= 4 is 17.2 Å². The van der Waals surface area contributed by atoms with E-state index in [2.05, 4.69) is 16.8 Å². The van der Waals surface area contributed by atoms with E-state index >= 15 is 0 Å². The Morgan fingerprint density at radius 1 is 1.56 bits per heavy atom. The first-order valence-corrected chi connectivity index (χ1v) is 6.45. The van der Waals surface area contributed by atoms with Crippen molar-refractivity contribution in [3.8, 4) is 0 Å².